The van der Waals surface area contributed by atoms with E-state index in [0.29, 0.717) is 16.6 Å². The van der Waals surface area contributed by atoms with Gasteiger partial charge in [-0.1, -0.05) is 6.07 Å². The quantitative estimate of drug-likeness (QED) is 0.741. The number of nitrogens with zero attached hydrogens (tertiary/aromatic N) is 1. The van der Waals surface area contributed by atoms with E-state index in [-0.39, 0.29) is 22.8 Å². The normalized spacial score (nSPS) is 11.3. The Morgan fingerprint density at radius 1 is 1.27 bits per heavy atom. The third kappa shape index (κ3) is 4.60. The fourth-order valence-electron chi connectivity index (χ4n) is 2.37. The second-order valence-electron chi connectivity index (χ2n) is 5.47. The molecule has 0 heterocycles. The van der Waals surface area contributed by atoms with Crippen molar-refractivity contribution in [2.75, 3.05) is 13.7 Å². The molecule has 0 aliphatic rings. The minimum absolute atomic E-state index is 0.117. The summed E-state index contributed by atoms with van der Waals surface area (Å²) in [6.45, 7) is 2.27. The van der Waals surface area contributed by atoms with Gasteiger partial charge in [-0.2, -0.15) is 0 Å². The van der Waals surface area contributed by atoms with Gasteiger partial charge in [0.25, 0.3) is 5.91 Å². The minimum Gasteiger partial charge on any atom is -0.494 e. The molecule has 0 aliphatic carbocycles. The highest BCUT2D eigenvalue weighted by Gasteiger charge is 2.20. The average Bonchev–Trinajstić information content (AvgIpc) is 2.58. The molecule has 0 saturated carbocycles. The zero-order valence-corrected chi connectivity index (χ0v) is 16.6. The Kier molecular flexibility index (Phi) is 6.38. The molecule has 0 spiro atoms. The van der Waals surface area contributed by atoms with Gasteiger partial charge in [0, 0.05) is 17.6 Å². The summed E-state index contributed by atoms with van der Waals surface area (Å²) in [5.41, 5.74) is 0.740. The molecule has 6 nitrogen and oxygen atoms in total. The molecule has 1 amide bonds. The third-order valence-corrected chi connectivity index (χ3v) is 5.36. The number of primary sulfonamides is 1. The van der Waals surface area contributed by atoms with Crippen LogP contribution in [-0.2, 0) is 16.6 Å². The lowest BCUT2D eigenvalue weighted by molar-refractivity contribution is 0.0751. The van der Waals surface area contributed by atoms with Crippen LogP contribution >= 0.6 is 15.9 Å². The lowest BCUT2D eigenvalue weighted by atomic mass is 10.1. The molecule has 2 aromatic carbocycles. The van der Waals surface area contributed by atoms with Gasteiger partial charge in [-0.05, 0) is 58.7 Å². The van der Waals surface area contributed by atoms with Crippen molar-refractivity contribution in [3.05, 3.63) is 57.8 Å². The van der Waals surface area contributed by atoms with E-state index in [1.807, 2.05) is 0 Å². The summed E-state index contributed by atoms with van der Waals surface area (Å²) in [6, 6.07) is 8.43. The van der Waals surface area contributed by atoms with Gasteiger partial charge in [-0.25, -0.2) is 17.9 Å². The summed E-state index contributed by atoms with van der Waals surface area (Å²) < 4.78 is 42.2. The van der Waals surface area contributed by atoms with Crippen molar-refractivity contribution in [3.63, 3.8) is 0 Å². The van der Waals surface area contributed by atoms with E-state index in [0.717, 1.165) is 0 Å². The number of rotatable bonds is 6. The number of hydrogen-bond donors (Lipinski definition) is 1. The van der Waals surface area contributed by atoms with Crippen LogP contribution in [0.3, 0.4) is 0 Å². The number of amides is 1. The van der Waals surface area contributed by atoms with Crippen LogP contribution in [0, 0.1) is 5.82 Å². The van der Waals surface area contributed by atoms with Gasteiger partial charge in [-0.3, -0.25) is 4.79 Å². The molecule has 0 bridgehead atoms. The lowest BCUT2D eigenvalue weighted by Gasteiger charge is -2.22. The Balaban J connectivity index is 2.33. The van der Waals surface area contributed by atoms with Gasteiger partial charge < -0.3 is 9.64 Å². The molecule has 0 unspecified atom stereocenters. The van der Waals surface area contributed by atoms with E-state index >= 15 is 0 Å². The summed E-state index contributed by atoms with van der Waals surface area (Å²) in [7, 11) is -2.56. The number of nitrogens with two attached hydrogens (primary N) is 1. The summed E-state index contributed by atoms with van der Waals surface area (Å²) in [6.07, 6.45) is 0. The first-order chi connectivity index (χ1) is 12.2. The Hall–Kier alpha value is -1.97. The Bertz CT molecular complexity index is 934. The highest BCUT2D eigenvalue weighted by molar-refractivity contribution is 9.10. The highest BCUT2D eigenvalue weighted by Crippen LogP contribution is 2.24. The molecule has 2 aromatic rings. The van der Waals surface area contributed by atoms with Crippen LogP contribution in [-0.4, -0.2) is 32.9 Å². The second-order valence-corrected chi connectivity index (χ2v) is 7.89. The van der Waals surface area contributed by atoms with Crippen LogP contribution in [0.25, 0.3) is 0 Å². The number of ether oxygens (including phenoxy) is 1. The molecule has 0 saturated heterocycles. The molecule has 140 valence electrons. The van der Waals surface area contributed by atoms with E-state index in [1.165, 1.54) is 42.3 Å². The van der Waals surface area contributed by atoms with Crippen molar-refractivity contribution < 1.29 is 22.3 Å². The maximum Gasteiger partial charge on any atom is 0.255 e. The Labute approximate surface area is 159 Å². The summed E-state index contributed by atoms with van der Waals surface area (Å²) in [5, 5.41) is 5.13. The fourth-order valence-corrected chi connectivity index (χ4v) is 3.33. The van der Waals surface area contributed by atoms with Crippen LogP contribution in [0.1, 0.15) is 22.8 Å². The van der Waals surface area contributed by atoms with Gasteiger partial charge in [0.1, 0.15) is 0 Å². The van der Waals surface area contributed by atoms with Gasteiger partial charge in [-0.15, -0.1) is 0 Å². The lowest BCUT2D eigenvalue weighted by Crippen LogP contribution is -2.31. The van der Waals surface area contributed by atoms with Crippen LogP contribution < -0.4 is 9.88 Å². The van der Waals surface area contributed by atoms with Crippen LogP contribution in [0.2, 0.25) is 0 Å². The average molecular weight is 445 g/mol. The SMILES string of the molecule is CCN(Cc1ccc(OC)c(F)c1)C(=O)c1cc(S(N)(=O)=O)ccc1Br. The largest absolute Gasteiger partial charge is 0.494 e. The minimum atomic E-state index is -3.94. The van der Waals surface area contributed by atoms with Crippen LogP contribution in [0.15, 0.2) is 45.8 Å². The van der Waals surface area contributed by atoms with E-state index in [2.05, 4.69) is 15.9 Å². The first-order valence-corrected chi connectivity index (χ1v) is 9.95. The number of hydrogen-bond acceptors (Lipinski definition) is 4. The van der Waals surface area contributed by atoms with Crippen LogP contribution in [0.4, 0.5) is 4.39 Å². The van der Waals surface area contributed by atoms with Gasteiger partial charge in [0.2, 0.25) is 10.0 Å². The van der Waals surface area contributed by atoms with Crippen molar-refractivity contribution in [1.29, 1.82) is 0 Å². The molecule has 0 fully saturated rings. The number of sulfonamides is 1. The van der Waals surface area contributed by atoms with E-state index in [1.54, 1.807) is 13.0 Å². The monoisotopic (exact) mass is 444 g/mol. The Morgan fingerprint density at radius 2 is 1.96 bits per heavy atom. The fraction of sp³-hybridized carbons (Fsp3) is 0.235. The first kappa shape index (κ1) is 20.3. The second kappa shape index (κ2) is 8.15. The molecule has 0 radical (unpaired) electrons. The zero-order valence-electron chi connectivity index (χ0n) is 14.2. The standard InChI is InChI=1S/C17H18BrFN2O4S/c1-3-21(10-11-4-7-16(25-2)15(19)8-11)17(22)13-9-12(26(20,23)24)5-6-14(13)18/h4-9H,3,10H2,1-2H3,(H2,20,23,24). The zero-order chi connectivity index (χ0) is 19.5. The number of carbonyl (C=O) groups is 1. The molecule has 2 N–H and O–H groups in total. The van der Waals surface area contributed by atoms with Crippen molar-refractivity contribution in [1.82, 2.24) is 4.90 Å². The number of benzene rings is 2. The summed E-state index contributed by atoms with van der Waals surface area (Å²) in [5.74, 6) is -0.807. The number of halogens is 2. The smallest absolute Gasteiger partial charge is 0.255 e. The first-order valence-electron chi connectivity index (χ1n) is 7.61. The summed E-state index contributed by atoms with van der Waals surface area (Å²) >= 11 is 3.25. The van der Waals surface area contributed by atoms with Gasteiger partial charge >= 0.3 is 0 Å². The summed E-state index contributed by atoms with van der Waals surface area (Å²) in [4.78, 5) is 14.1. The molecule has 0 atom stereocenters. The van der Waals surface area contributed by atoms with Gasteiger partial charge in [0.15, 0.2) is 11.6 Å². The highest BCUT2D eigenvalue weighted by atomic mass is 79.9. The molecule has 2 rings (SSSR count). The van der Waals surface area contributed by atoms with E-state index in [4.69, 9.17) is 9.88 Å². The molecule has 9 heteroatoms. The molecule has 0 aromatic heterocycles. The predicted molar refractivity (Wildman–Crippen MR) is 98.9 cm³/mol. The molecule has 26 heavy (non-hydrogen) atoms. The third-order valence-electron chi connectivity index (χ3n) is 3.76. The number of methoxy groups -OCH3 is 1. The van der Waals surface area contributed by atoms with E-state index in [9.17, 15) is 17.6 Å². The molecule has 0 aliphatic heterocycles. The van der Waals surface area contributed by atoms with Gasteiger partial charge in [0.05, 0.1) is 17.6 Å². The number of carbonyl (C=O) groups excluding carboxylic acids is 1. The topological polar surface area (TPSA) is 89.7 Å². The maximum atomic E-state index is 13.9. The maximum absolute atomic E-state index is 13.9. The van der Waals surface area contributed by atoms with Crippen molar-refractivity contribution >= 4 is 31.9 Å². The predicted octanol–water partition coefficient (Wildman–Crippen LogP) is 2.91. The van der Waals surface area contributed by atoms with Crippen molar-refractivity contribution in [2.45, 2.75) is 18.4 Å². The van der Waals surface area contributed by atoms with Crippen molar-refractivity contribution in [2.24, 2.45) is 5.14 Å². The molecular weight excluding hydrogens is 427 g/mol. The molecular formula is C17H18BrFN2O4S. The van der Waals surface area contributed by atoms with Crippen LogP contribution in [0.5, 0.6) is 5.75 Å². The Morgan fingerprint density at radius 3 is 2.50 bits per heavy atom. The van der Waals surface area contributed by atoms with Crippen molar-refractivity contribution in [3.8, 4) is 5.75 Å². The van der Waals surface area contributed by atoms with E-state index < -0.39 is 21.7 Å².